The van der Waals surface area contributed by atoms with Crippen molar-refractivity contribution < 1.29 is 31.7 Å². The molecule has 0 radical (unpaired) electrons. The van der Waals surface area contributed by atoms with E-state index in [2.05, 4.69) is 15.2 Å². The summed E-state index contributed by atoms with van der Waals surface area (Å²) in [6.07, 6.45) is 0. The monoisotopic (exact) mass is 385 g/mol. The number of carbonyl (C=O) groups is 2. The zero-order valence-electron chi connectivity index (χ0n) is 13.9. The number of amides is 1. The molecule has 0 fully saturated rings. The quantitative estimate of drug-likeness (QED) is 0.680. The van der Waals surface area contributed by atoms with Gasteiger partial charge in [-0.15, -0.1) is 0 Å². The van der Waals surface area contributed by atoms with E-state index in [0.717, 1.165) is 24.3 Å². The normalized spacial score (nSPS) is 12.4. The Morgan fingerprint density at radius 2 is 1.96 bits per heavy atom. The Kier molecular flexibility index (Phi) is 6.05. The standard InChI is InChI=1S/C15H16FN3O6S/c1-9-7-13(18-25-9)17-14(20)8-24-15(21)10(2)19-26(22,23)12-5-3-11(16)4-6-12/h3-7,10,19H,8H2,1-2H3,(H,17,18,20)/t10-/m0/s1. The third-order valence-electron chi connectivity index (χ3n) is 3.05. The van der Waals surface area contributed by atoms with Crippen LogP contribution in [0.5, 0.6) is 0 Å². The van der Waals surface area contributed by atoms with Crippen molar-refractivity contribution in [2.45, 2.75) is 24.8 Å². The Hall–Kier alpha value is -2.79. The number of sulfonamides is 1. The second-order valence-corrected chi connectivity index (χ2v) is 6.99. The van der Waals surface area contributed by atoms with Crippen molar-refractivity contribution in [1.29, 1.82) is 0 Å². The summed E-state index contributed by atoms with van der Waals surface area (Å²) >= 11 is 0. The SMILES string of the molecule is Cc1cc(NC(=O)COC(=O)[C@H](C)NS(=O)(=O)c2ccc(F)cc2)no1. The Bertz CT molecular complexity index is 894. The molecule has 26 heavy (non-hydrogen) atoms. The second-order valence-electron chi connectivity index (χ2n) is 5.28. The molecule has 1 heterocycles. The summed E-state index contributed by atoms with van der Waals surface area (Å²) in [4.78, 5) is 23.3. The van der Waals surface area contributed by atoms with E-state index >= 15 is 0 Å². The number of hydrogen-bond donors (Lipinski definition) is 2. The third-order valence-corrected chi connectivity index (χ3v) is 4.61. The predicted molar refractivity (Wildman–Crippen MR) is 87.0 cm³/mol. The van der Waals surface area contributed by atoms with E-state index in [1.807, 2.05) is 0 Å². The van der Waals surface area contributed by atoms with Crippen LogP contribution in [0.3, 0.4) is 0 Å². The van der Waals surface area contributed by atoms with Gasteiger partial charge in [0.2, 0.25) is 10.0 Å². The van der Waals surface area contributed by atoms with Crippen LogP contribution in [-0.4, -0.2) is 38.1 Å². The molecule has 0 spiro atoms. The van der Waals surface area contributed by atoms with Crippen molar-refractivity contribution in [2.75, 3.05) is 11.9 Å². The molecule has 2 aromatic rings. The van der Waals surface area contributed by atoms with Gasteiger partial charge in [-0.1, -0.05) is 5.16 Å². The summed E-state index contributed by atoms with van der Waals surface area (Å²) in [6, 6.07) is 4.29. The molecule has 1 atom stereocenters. The number of aryl methyl sites for hydroxylation is 1. The van der Waals surface area contributed by atoms with E-state index in [1.54, 1.807) is 6.92 Å². The Morgan fingerprint density at radius 3 is 2.54 bits per heavy atom. The number of anilines is 1. The molecule has 140 valence electrons. The lowest BCUT2D eigenvalue weighted by molar-refractivity contribution is -0.148. The minimum atomic E-state index is -4.05. The fourth-order valence-electron chi connectivity index (χ4n) is 1.83. The van der Waals surface area contributed by atoms with E-state index in [1.165, 1.54) is 13.0 Å². The van der Waals surface area contributed by atoms with E-state index in [4.69, 9.17) is 9.26 Å². The van der Waals surface area contributed by atoms with Crippen molar-refractivity contribution in [3.63, 3.8) is 0 Å². The van der Waals surface area contributed by atoms with Gasteiger partial charge in [-0.25, -0.2) is 12.8 Å². The van der Waals surface area contributed by atoms with Crippen LogP contribution in [0.25, 0.3) is 0 Å². The molecule has 2 N–H and O–H groups in total. The molecule has 0 bridgehead atoms. The number of carbonyl (C=O) groups excluding carboxylic acids is 2. The fourth-order valence-corrected chi connectivity index (χ4v) is 3.02. The molecule has 0 aliphatic carbocycles. The smallest absolute Gasteiger partial charge is 0.324 e. The van der Waals surface area contributed by atoms with Crippen LogP contribution in [0, 0.1) is 12.7 Å². The van der Waals surface area contributed by atoms with Gasteiger partial charge in [0.1, 0.15) is 17.6 Å². The number of nitrogens with one attached hydrogen (secondary N) is 2. The van der Waals surface area contributed by atoms with Gasteiger partial charge in [-0.05, 0) is 38.1 Å². The van der Waals surface area contributed by atoms with Gasteiger partial charge in [0.05, 0.1) is 4.90 Å². The highest BCUT2D eigenvalue weighted by atomic mass is 32.2. The van der Waals surface area contributed by atoms with E-state index in [9.17, 15) is 22.4 Å². The molecule has 1 aromatic carbocycles. The maximum atomic E-state index is 12.9. The first-order valence-electron chi connectivity index (χ1n) is 7.35. The lowest BCUT2D eigenvalue weighted by Gasteiger charge is -2.13. The van der Waals surface area contributed by atoms with Crippen LogP contribution >= 0.6 is 0 Å². The summed E-state index contributed by atoms with van der Waals surface area (Å²) in [5, 5.41) is 5.88. The number of halogens is 1. The average molecular weight is 385 g/mol. The van der Waals surface area contributed by atoms with Crippen molar-refractivity contribution in [3.8, 4) is 0 Å². The zero-order valence-corrected chi connectivity index (χ0v) is 14.7. The summed E-state index contributed by atoms with van der Waals surface area (Å²) in [5.74, 6) is -1.57. The number of esters is 1. The van der Waals surface area contributed by atoms with Crippen LogP contribution in [-0.2, 0) is 24.3 Å². The fraction of sp³-hybridized carbons (Fsp3) is 0.267. The number of hydrogen-bond acceptors (Lipinski definition) is 7. The highest BCUT2D eigenvalue weighted by molar-refractivity contribution is 7.89. The van der Waals surface area contributed by atoms with E-state index in [0.29, 0.717) is 5.76 Å². The molecular formula is C15H16FN3O6S. The molecule has 11 heteroatoms. The highest BCUT2D eigenvalue weighted by Gasteiger charge is 2.23. The van der Waals surface area contributed by atoms with Gasteiger partial charge in [-0.2, -0.15) is 4.72 Å². The zero-order chi connectivity index (χ0) is 19.3. The molecular weight excluding hydrogens is 369 g/mol. The molecule has 9 nitrogen and oxygen atoms in total. The van der Waals surface area contributed by atoms with Gasteiger partial charge in [0.15, 0.2) is 12.4 Å². The van der Waals surface area contributed by atoms with E-state index in [-0.39, 0.29) is 10.7 Å². The topological polar surface area (TPSA) is 128 Å². The molecule has 0 aliphatic heterocycles. The minimum Gasteiger partial charge on any atom is -0.454 e. The first-order valence-corrected chi connectivity index (χ1v) is 8.83. The summed E-state index contributed by atoms with van der Waals surface area (Å²) in [6.45, 7) is 2.26. The Labute approximate surface area is 148 Å². The van der Waals surface area contributed by atoms with Crippen molar-refractivity contribution in [3.05, 3.63) is 41.9 Å². The lowest BCUT2D eigenvalue weighted by Crippen LogP contribution is -2.40. The summed E-state index contributed by atoms with van der Waals surface area (Å²) < 4.78 is 48.7. The number of aromatic nitrogens is 1. The minimum absolute atomic E-state index is 0.161. The molecule has 1 amide bonds. The lowest BCUT2D eigenvalue weighted by atomic mass is 10.4. The van der Waals surface area contributed by atoms with Crippen molar-refractivity contribution in [2.24, 2.45) is 0 Å². The number of ether oxygens (including phenoxy) is 1. The maximum absolute atomic E-state index is 12.9. The van der Waals surface area contributed by atoms with Crippen LogP contribution < -0.4 is 10.0 Å². The van der Waals surface area contributed by atoms with Crippen molar-refractivity contribution in [1.82, 2.24) is 9.88 Å². The molecule has 0 aliphatic rings. The van der Waals surface area contributed by atoms with Crippen LogP contribution in [0.4, 0.5) is 10.2 Å². The largest absolute Gasteiger partial charge is 0.454 e. The highest BCUT2D eigenvalue weighted by Crippen LogP contribution is 2.10. The van der Waals surface area contributed by atoms with Gasteiger partial charge < -0.3 is 14.6 Å². The van der Waals surface area contributed by atoms with Crippen LogP contribution in [0.2, 0.25) is 0 Å². The molecule has 0 unspecified atom stereocenters. The number of benzene rings is 1. The summed E-state index contributed by atoms with van der Waals surface area (Å²) in [5.41, 5.74) is 0. The van der Waals surface area contributed by atoms with Gasteiger partial charge >= 0.3 is 5.97 Å². The predicted octanol–water partition coefficient (Wildman–Crippen LogP) is 0.971. The number of rotatable bonds is 7. The van der Waals surface area contributed by atoms with Crippen LogP contribution in [0.15, 0.2) is 39.8 Å². The first kappa shape index (κ1) is 19.5. The van der Waals surface area contributed by atoms with Gasteiger partial charge in [0.25, 0.3) is 5.91 Å². The van der Waals surface area contributed by atoms with Gasteiger partial charge in [-0.3, -0.25) is 9.59 Å². The molecule has 2 rings (SSSR count). The maximum Gasteiger partial charge on any atom is 0.324 e. The van der Waals surface area contributed by atoms with Crippen LogP contribution in [0.1, 0.15) is 12.7 Å². The van der Waals surface area contributed by atoms with E-state index < -0.39 is 40.4 Å². The van der Waals surface area contributed by atoms with Gasteiger partial charge in [0, 0.05) is 6.07 Å². The number of nitrogens with zero attached hydrogens (tertiary/aromatic N) is 1. The molecule has 0 saturated carbocycles. The first-order chi connectivity index (χ1) is 12.2. The third kappa shape index (κ3) is 5.36. The molecule has 1 aromatic heterocycles. The Balaban J connectivity index is 1.86. The summed E-state index contributed by atoms with van der Waals surface area (Å²) in [7, 11) is -4.05. The Morgan fingerprint density at radius 1 is 1.31 bits per heavy atom. The second kappa shape index (κ2) is 8.06. The average Bonchev–Trinajstić information content (AvgIpc) is 2.97. The molecule has 0 saturated heterocycles. The van der Waals surface area contributed by atoms with Crippen molar-refractivity contribution >= 4 is 27.7 Å².